The monoisotopic (exact) mass is 333 g/mol. The minimum atomic E-state index is -0.827. The van der Waals surface area contributed by atoms with E-state index in [1.165, 1.54) is 18.4 Å². The molecule has 5 nitrogen and oxygen atoms in total. The van der Waals surface area contributed by atoms with Crippen molar-refractivity contribution in [3.05, 3.63) is 34.3 Å². The van der Waals surface area contributed by atoms with E-state index in [-0.39, 0.29) is 5.91 Å². The average molecular weight is 333 g/mol. The van der Waals surface area contributed by atoms with Gasteiger partial charge in [0.05, 0.1) is 0 Å². The predicted molar refractivity (Wildman–Crippen MR) is 92.0 cm³/mol. The first kappa shape index (κ1) is 18.3. The first-order chi connectivity index (χ1) is 11.4. The summed E-state index contributed by atoms with van der Waals surface area (Å²) in [4.78, 5) is 24.4. The number of nitrogens with one attached hydrogen (secondary N) is 1. The summed E-state index contributed by atoms with van der Waals surface area (Å²) in [6.45, 7) is 7.50. The van der Waals surface area contributed by atoms with Crippen molar-refractivity contribution in [3.8, 4) is 0 Å². The van der Waals surface area contributed by atoms with Crippen molar-refractivity contribution in [1.29, 1.82) is 0 Å². The number of amides is 1. The zero-order valence-corrected chi connectivity index (χ0v) is 15.0. The van der Waals surface area contributed by atoms with Crippen molar-refractivity contribution in [2.24, 2.45) is 0 Å². The molecular formula is C19H27NO4. The molecule has 5 heteroatoms. The fraction of sp³-hybridized carbons (Fsp3) is 0.579. The number of rotatable bonds is 6. The summed E-state index contributed by atoms with van der Waals surface area (Å²) < 4.78 is 10.7. The molecule has 1 atom stereocenters. The van der Waals surface area contributed by atoms with Crippen molar-refractivity contribution in [3.63, 3.8) is 0 Å². The van der Waals surface area contributed by atoms with E-state index in [9.17, 15) is 9.59 Å². The number of allylic oxidation sites excluding steroid dienone is 1. The van der Waals surface area contributed by atoms with Crippen molar-refractivity contribution in [2.45, 2.75) is 65.9 Å². The third-order valence-electron chi connectivity index (χ3n) is 4.55. The van der Waals surface area contributed by atoms with Gasteiger partial charge in [-0.05, 0) is 59.8 Å². The van der Waals surface area contributed by atoms with Crippen LogP contribution in [0.1, 0.15) is 66.5 Å². The van der Waals surface area contributed by atoms with Gasteiger partial charge in [-0.25, -0.2) is 4.79 Å². The smallest absolute Gasteiger partial charge is 0.342 e. The molecule has 132 valence electrons. The van der Waals surface area contributed by atoms with Gasteiger partial charge in [0, 0.05) is 12.1 Å². The predicted octanol–water partition coefficient (Wildman–Crippen LogP) is 3.76. The number of carbonyl (C=O) groups is 2. The lowest BCUT2D eigenvalue weighted by atomic mass is 9.97. The van der Waals surface area contributed by atoms with Gasteiger partial charge in [-0.2, -0.15) is 0 Å². The fourth-order valence-corrected chi connectivity index (χ4v) is 2.99. The first-order valence-electron chi connectivity index (χ1n) is 8.63. The van der Waals surface area contributed by atoms with Crippen LogP contribution in [0.3, 0.4) is 0 Å². The van der Waals surface area contributed by atoms with Gasteiger partial charge < -0.3 is 14.5 Å². The molecule has 0 saturated heterocycles. The lowest BCUT2D eigenvalue weighted by molar-refractivity contribution is -0.129. The molecule has 0 bridgehead atoms. The Morgan fingerprint density at radius 3 is 2.58 bits per heavy atom. The van der Waals surface area contributed by atoms with Gasteiger partial charge in [0.2, 0.25) is 0 Å². The lowest BCUT2D eigenvalue weighted by Crippen LogP contribution is -2.36. The fourth-order valence-electron chi connectivity index (χ4n) is 2.99. The molecule has 1 N–H and O–H groups in total. The van der Waals surface area contributed by atoms with Crippen LogP contribution >= 0.6 is 0 Å². The van der Waals surface area contributed by atoms with Crippen LogP contribution in [-0.2, 0) is 9.53 Å². The molecule has 0 unspecified atom stereocenters. The topological polar surface area (TPSA) is 68.5 Å². The zero-order valence-electron chi connectivity index (χ0n) is 15.0. The van der Waals surface area contributed by atoms with E-state index >= 15 is 0 Å². The average Bonchev–Trinajstić information content (AvgIpc) is 2.80. The highest BCUT2D eigenvalue weighted by Gasteiger charge is 2.24. The number of esters is 1. The summed E-state index contributed by atoms with van der Waals surface area (Å²) in [6.07, 6.45) is 7.06. The van der Waals surface area contributed by atoms with Gasteiger partial charge in [-0.15, -0.1) is 0 Å². The van der Waals surface area contributed by atoms with E-state index in [0.717, 1.165) is 24.8 Å². The summed E-state index contributed by atoms with van der Waals surface area (Å²) in [7, 11) is 0. The van der Waals surface area contributed by atoms with Crippen molar-refractivity contribution < 1.29 is 18.7 Å². The molecule has 0 aromatic carbocycles. The Labute approximate surface area is 143 Å². The number of hydrogen-bond acceptors (Lipinski definition) is 4. The maximum atomic E-state index is 12.3. The molecule has 0 radical (unpaired) electrons. The van der Waals surface area contributed by atoms with Crippen molar-refractivity contribution in [1.82, 2.24) is 5.32 Å². The van der Waals surface area contributed by atoms with Gasteiger partial charge in [-0.3, -0.25) is 4.79 Å². The molecule has 1 amide bonds. The number of hydrogen-bond donors (Lipinski definition) is 1. The lowest BCUT2D eigenvalue weighted by Gasteiger charge is -2.15. The van der Waals surface area contributed by atoms with E-state index in [0.29, 0.717) is 23.6 Å². The summed E-state index contributed by atoms with van der Waals surface area (Å²) in [6, 6.07) is 0. The Morgan fingerprint density at radius 2 is 2.00 bits per heavy atom. The molecule has 1 aromatic heterocycles. The molecule has 0 saturated carbocycles. The third-order valence-corrected chi connectivity index (χ3v) is 4.55. The largest absolute Gasteiger partial charge is 0.465 e. The van der Waals surface area contributed by atoms with Crippen LogP contribution in [0.25, 0.3) is 0 Å². The highest BCUT2D eigenvalue weighted by atomic mass is 16.5. The highest BCUT2D eigenvalue weighted by molar-refractivity contribution is 5.94. The molecule has 1 aliphatic carbocycles. The first-order valence-corrected chi connectivity index (χ1v) is 8.63. The molecule has 0 fully saturated rings. The SMILES string of the molecule is Cc1oc(C)c(C(=O)O[C@@H](C)C(=O)NCCC2=CCCCC2)c1C. The Balaban J connectivity index is 1.82. The summed E-state index contributed by atoms with van der Waals surface area (Å²) in [5.41, 5.74) is 2.58. The maximum Gasteiger partial charge on any atom is 0.342 e. The second kappa shape index (κ2) is 8.18. The molecule has 1 aromatic rings. The van der Waals surface area contributed by atoms with Crippen LogP contribution in [0.5, 0.6) is 0 Å². The molecule has 24 heavy (non-hydrogen) atoms. The van der Waals surface area contributed by atoms with Crippen LogP contribution in [0.2, 0.25) is 0 Å². The minimum absolute atomic E-state index is 0.268. The number of ether oxygens (including phenoxy) is 1. The summed E-state index contributed by atoms with van der Waals surface area (Å²) in [5.74, 6) is 0.430. The molecule has 0 aliphatic heterocycles. The normalized spacial score (nSPS) is 15.6. The van der Waals surface area contributed by atoms with Crippen LogP contribution < -0.4 is 5.32 Å². The number of aryl methyl sites for hydroxylation is 2. The summed E-state index contributed by atoms with van der Waals surface area (Å²) in [5, 5.41) is 2.84. The second-order valence-corrected chi connectivity index (χ2v) is 6.41. The van der Waals surface area contributed by atoms with E-state index in [1.807, 2.05) is 6.92 Å². The molecule has 0 spiro atoms. The van der Waals surface area contributed by atoms with Gasteiger partial charge in [0.1, 0.15) is 17.1 Å². The van der Waals surface area contributed by atoms with E-state index in [2.05, 4.69) is 11.4 Å². The Morgan fingerprint density at radius 1 is 1.25 bits per heavy atom. The number of carbonyl (C=O) groups excluding carboxylic acids is 2. The maximum absolute atomic E-state index is 12.3. The third kappa shape index (κ3) is 4.49. The number of furan rings is 1. The van der Waals surface area contributed by atoms with Gasteiger partial charge in [0.15, 0.2) is 6.10 Å². The highest BCUT2D eigenvalue weighted by Crippen LogP contribution is 2.22. The quantitative estimate of drug-likeness (QED) is 0.636. The standard InChI is InChI=1S/C19H27NO4/c1-12-13(2)23-14(3)17(12)19(22)24-15(4)18(21)20-11-10-16-8-6-5-7-9-16/h8,15H,5-7,9-11H2,1-4H3,(H,20,21)/t15-/m0/s1. The van der Waals surface area contributed by atoms with E-state index in [4.69, 9.17) is 9.15 Å². The van der Waals surface area contributed by atoms with Crippen LogP contribution in [0, 0.1) is 20.8 Å². The van der Waals surface area contributed by atoms with Crippen LogP contribution in [0.4, 0.5) is 0 Å². The van der Waals surface area contributed by atoms with Crippen molar-refractivity contribution >= 4 is 11.9 Å². The Kier molecular flexibility index (Phi) is 6.23. The minimum Gasteiger partial charge on any atom is -0.465 e. The van der Waals surface area contributed by atoms with Gasteiger partial charge in [-0.1, -0.05) is 11.6 Å². The molecule has 2 rings (SSSR count). The Bertz CT molecular complexity index is 642. The molecular weight excluding hydrogens is 306 g/mol. The molecule has 1 heterocycles. The van der Waals surface area contributed by atoms with Crippen molar-refractivity contribution in [2.75, 3.05) is 6.54 Å². The van der Waals surface area contributed by atoms with Gasteiger partial charge >= 0.3 is 5.97 Å². The van der Waals surface area contributed by atoms with E-state index in [1.54, 1.807) is 20.8 Å². The van der Waals surface area contributed by atoms with Crippen LogP contribution in [0.15, 0.2) is 16.1 Å². The van der Waals surface area contributed by atoms with E-state index < -0.39 is 12.1 Å². The zero-order chi connectivity index (χ0) is 17.7. The second-order valence-electron chi connectivity index (χ2n) is 6.41. The van der Waals surface area contributed by atoms with Gasteiger partial charge in [0.25, 0.3) is 5.91 Å². The molecule has 1 aliphatic rings. The van der Waals surface area contributed by atoms with Crippen LogP contribution in [-0.4, -0.2) is 24.5 Å². The Hall–Kier alpha value is -2.04. The summed E-state index contributed by atoms with van der Waals surface area (Å²) >= 11 is 0.